The number of rotatable bonds is 6. The van der Waals surface area contributed by atoms with Crippen LogP contribution in [-0.4, -0.2) is 31.2 Å². The molecule has 156 valence electrons. The standard InChI is InChI=1S/C24H27N3O3/c1-30-19-12-13-20-21(16-19)27(15-14-17-8-4-2-5-9-17)24(29)22(20)25-26-23(28)18-10-6-3-7-11-18/h3,6-7,10-13,16-17H,2,4-5,8-9,14-15H2,1H3,(H,26,28)/b25-22-. The van der Waals surface area contributed by atoms with Gasteiger partial charge in [-0.2, -0.15) is 5.10 Å². The number of carbonyl (C=O) groups is 2. The average molecular weight is 405 g/mol. The number of fused-ring (bicyclic) bond motifs is 1. The number of nitrogens with zero attached hydrogens (tertiary/aromatic N) is 2. The summed E-state index contributed by atoms with van der Waals surface area (Å²) in [5, 5.41) is 4.21. The molecule has 0 atom stereocenters. The van der Waals surface area contributed by atoms with Gasteiger partial charge in [0.15, 0.2) is 5.71 Å². The minimum atomic E-state index is -0.341. The minimum absolute atomic E-state index is 0.178. The molecule has 6 nitrogen and oxygen atoms in total. The highest BCUT2D eigenvalue weighted by Crippen LogP contribution is 2.34. The summed E-state index contributed by atoms with van der Waals surface area (Å²) in [5.41, 5.74) is 4.81. The van der Waals surface area contributed by atoms with Gasteiger partial charge in [-0.1, -0.05) is 50.3 Å². The Bertz CT molecular complexity index is 949. The Morgan fingerprint density at radius 1 is 1.13 bits per heavy atom. The molecule has 0 bridgehead atoms. The van der Waals surface area contributed by atoms with Gasteiger partial charge in [-0.3, -0.25) is 9.59 Å². The Morgan fingerprint density at radius 2 is 1.90 bits per heavy atom. The maximum atomic E-state index is 13.2. The molecule has 0 radical (unpaired) electrons. The van der Waals surface area contributed by atoms with Crippen LogP contribution in [0.4, 0.5) is 5.69 Å². The van der Waals surface area contributed by atoms with Crippen LogP contribution in [0.2, 0.25) is 0 Å². The average Bonchev–Trinajstić information content (AvgIpc) is 3.07. The van der Waals surface area contributed by atoms with Crippen LogP contribution in [0.5, 0.6) is 5.75 Å². The second-order valence-electron chi connectivity index (χ2n) is 7.90. The summed E-state index contributed by atoms with van der Waals surface area (Å²) in [6.07, 6.45) is 7.33. The molecule has 0 aromatic heterocycles. The fraction of sp³-hybridized carbons (Fsp3) is 0.375. The molecule has 1 aliphatic carbocycles. The molecular weight excluding hydrogens is 378 g/mol. The van der Waals surface area contributed by atoms with E-state index in [1.165, 1.54) is 32.1 Å². The molecule has 2 amide bonds. The number of hydrogen-bond donors (Lipinski definition) is 1. The number of amides is 2. The van der Waals surface area contributed by atoms with Crippen molar-refractivity contribution in [2.75, 3.05) is 18.6 Å². The summed E-state index contributed by atoms with van der Waals surface area (Å²) in [4.78, 5) is 27.3. The molecule has 1 N–H and O–H groups in total. The van der Waals surface area contributed by atoms with Crippen molar-refractivity contribution in [3.8, 4) is 5.75 Å². The third kappa shape index (κ3) is 4.22. The lowest BCUT2D eigenvalue weighted by Gasteiger charge is -2.24. The van der Waals surface area contributed by atoms with Crippen molar-refractivity contribution in [3.05, 3.63) is 59.7 Å². The van der Waals surface area contributed by atoms with E-state index < -0.39 is 0 Å². The summed E-state index contributed by atoms with van der Waals surface area (Å²) in [5.74, 6) is 0.840. The quantitative estimate of drug-likeness (QED) is 0.734. The van der Waals surface area contributed by atoms with Gasteiger partial charge in [0.05, 0.1) is 12.8 Å². The Labute approximate surface area is 176 Å². The molecule has 0 unspecified atom stereocenters. The Hall–Kier alpha value is -3.15. The first kappa shape index (κ1) is 20.1. The summed E-state index contributed by atoms with van der Waals surface area (Å²) >= 11 is 0. The molecule has 2 aromatic rings. The summed E-state index contributed by atoms with van der Waals surface area (Å²) in [6.45, 7) is 0.648. The van der Waals surface area contributed by atoms with E-state index in [0.29, 0.717) is 23.8 Å². The first-order valence-electron chi connectivity index (χ1n) is 10.6. The minimum Gasteiger partial charge on any atom is -0.497 e. The Balaban J connectivity index is 1.55. The normalized spacial score (nSPS) is 17.8. The van der Waals surface area contributed by atoms with Crippen LogP contribution in [0.15, 0.2) is 53.6 Å². The van der Waals surface area contributed by atoms with Crippen molar-refractivity contribution in [3.63, 3.8) is 0 Å². The topological polar surface area (TPSA) is 71.0 Å². The molecule has 0 saturated heterocycles. The molecule has 2 aliphatic rings. The van der Waals surface area contributed by atoms with Crippen LogP contribution in [0.25, 0.3) is 0 Å². The maximum Gasteiger partial charge on any atom is 0.279 e. The zero-order valence-electron chi connectivity index (χ0n) is 17.3. The fourth-order valence-corrected chi connectivity index (χ4v) is 4.29. The molecule has 1 fully saturated rings. The third-order valence-electron chi connectivity index (χ3n) is 5.99. The van der Waals surface area contributed by atoms with Crippen molar-refractivity contribution >= 4 is 23.2 Å². The predicted octanol–water partition coefficient (Wildman–Crippen LogP) is 4.15. The van der Waals surface area contributed by atoms with E-state index in [2.05, 4.69) is 10.5 Å². The van der Waals surface area contributed by atoms with Gasteiger partial charge in [-0.05, 0) is 36.6 Å². The highest BCUT2D eigenvalue weighted by molar-refractivity contribution is 6.54. The summed E-state index contributed by atoms with van der Waals surface area (Å²) < 4.78 is 5.36. The Kier molecular flexibility index (Phi) is 6.12. The van der Waals surface area contributed by atoms with Crippen LogP contribution < -0.4 is 15.1 Å². The fourth-order valence-electron chi connectivity index (χ4n) is 4.29. The zero-order chi connectivity index (χ0) is 20.9. The number of anilines is 1. The van der Waals surface area contributed by atoms with Crippen molar-refractivity contribution in [2.24, 2.45) is 11.0 Å². The lowest BCUT2D eigenvalue weighted by molar-refractivity contribution is -0.112. The van der Waals surface area contributed by atoms with E-state index in [9.17, 15) is 9.59 Å². The van der Waals surface area contributed by atoms with Gasteiger partial charge in [0.2, 0.25) is 0 Å². The summed E-state index contributed by atoms with van der Waals surface area (Å²) in [7, 11) is 1.61. The van der Waals surface area contributed by atoms with E-state index >= 15 is 0 Å². The highest BCUT2D eigenvalue weighted by Gasteiger charge is 2.35. The maximum absolute atomic E-state index is 13.2. The molecule has 6 heteroatoms. The molecule has 30 heavy (non-hydrogen) atoms. The van der Waals surface area contributed by atoms with Crippen molar-refractivity contribution in [1.82, 2.24) is 5.43 Å². The van der Waals surface area contributed by atoms with Crippen molar-refractivity contribution in [1.29, 1.82) is 0 Å². The number of ether oxygens (including phenoxy) is 1. The number of hydrogen-bond acceptors (Lipinski definition) is 4. The van der Waals surface area contributed by atoms with Crippen LogP contribution in [0.1, 0.15) is 54.4 Å². The number of nitrogens with one attached hydrogen (secondary N) is 1. The van der Waals surface area contributed by atoms with Gasteiger partial charge in [-0.25, -0.2) is 5.43 Å². The highest BCUT2D eigenvalue weighted by atomic mass is 16.5. The first-order valence-corrected chi connectivity index (χ1v) is 10.6. The number of benzene rings is 2. The number of hydrazone groups is 1. The van der Waals surface area contributed by atoms with Crippen molar-refractivity contribution < 1.29 is 14.3 Å². The predicted molar refractivity (Wildman–Crippen MR) is 117 cm³/mol. The second-order valence-corrected chi connectivity index (χ2v) is 7.90. The molecular formula is C24H27N3O3. The van der Waals surface area contributed by atoms with Gasteiger partial charge < -0.3 is 9.64 Å². The molecule has 4 rings (SSSR count). The van der Waals surface area contributed by atoms with Gasteiger partial charge in [0, 0.05) is 23.7 Å². The summed E-state index contributed by atoms with van der Waals surface area (Å²) in [6, 6.07) is 14.4. The molecule has 0 spiro atoms. The third-order valence-corrected chi connectivity index (χ3v) is 5.99. The first-order chi connectivity index (χ1) is 14.7. The van der Waals surface area contributed by atoms with Crippen LogP contribution in [0, 0.1) is 5.92 Å². The van der Waals surface area contributed by atoms with E-state index in [4.69, 9.17) is 4.74 Å². The second kappa shape index (κ2) is 9.11. The van der Waals surface area contributed by atoms with Crippen LogP contribution >= 0.6 is 0 Å². The molecule has 1 heterocycles. The van der Waals surface area contributed by atoms with Crippen LogP contribution in [0.3, 0.4) is 0 Å². The number of carbonyl (C=O) groups excluding carboxylic acids is 2. The lowest BCUT2D eigenvalue weighted by atomic mass is 9.87. The lowest BCUT2D eigenvalue weighted by Crippen LogP contribution is -2.33. The van der Waals surface area contributed by atoms with E-state index in [-0.39, 0.29) is 17.5 Å². The molecule has 2 aromatic carbocycles. The van der Waals surface area contributed by atoms with Crippen molar-refractivity contribution in [2.45, 2.75) is 38.5 Å². The van der Waals surface area contributed by atoms with Crippen LogP contribution in [-0.2, 0) is 4.79 Å². The molecule has 1 aliphatic heterocycles. The largest absolute Gasteiger partial charge is 0.497 e. The van der Waals surface area contributed by atoms with Gasteiger partial charge in [0.1, 0.15) is 5.75 Å². The Morgan fingerprint density at radius 3 is 2.63 bits per heavy atom. The molecule has 1 saturated carbocycles. The van der Waals surface area contributed by atoms with E-state index in [0.717, 1.165) is 17.7 Å². The smallest absolute Gasteiger partial charge is 0.279 e. The number of methoxy groups -OCH3 is 1. The van der Waals surface area contributed by atoms with Gasteiger partial charge >= 0.3 is 0 Å². The van der Waals surface area contributed by atoms with Gasteiger partial charge in [0.25, 0.3) is 11.8 Å². The SMILES string of the molecule is COc1ccc2c(c1)N(CCC1CCCCC1)C(=O)/C2=N\NC(=O)c1ccccc1. The zero-order valence-corrected chi connectivity index (χ0v) is 17.3. The van der Waals surface area contributed by atoms with E-state index in [1.807, 2.05) is 24.3 Å². The van der Waals surface area contributed by atoms with E-state index in [1.54, 1.807) is 36.3 Å². The monoisotopic (exact) mass is 405 g/mol. The van der Waals surface area contributed by atoms with Gasteiger partial charge in [-0.15, -0.1) is 0 Å².